The van der Waals surface area contributed by atoms with Gasteiger partial charge in [-0.3, -0.25) is 4.79 Å². The molecule has 2 heterocycles. The van der Waals surface area contributed by atoms with Gasteiger partial charge in [0.05, 0.1) is 11.6 Å². The first-order valence-electron chi connectivity index (χ1n) is 11.1. The van der Waals surface area contributed by atoms with Crippen molar-refractivity contribution in [2.24, 2.45) is 0 Å². The molecule has 1 aliphatic rings. The number of para-hydroxylation sites is 1. The highest BCUT2D eigenvalue weighted by atomic mass is 32.1. The summed E-state index contributed by atoms with van der Waals surface area (Å²) in [5.74, 6) is 0.174. The topological polar surface area (TPSA) is 66.5 Å². The molecule has 0 atom stereocenters. The molecule has 0 aliphatic carbocycles. The lowest BCUT2D eigenvalue weighted by Crippen LogP contribution is -2.44. The van der Waals surface area contributed by atoms with E-state index in [1.54, 1.807) is 18.4 Å². The Bertz CT molecular complexity index is 1080. The third-order valence-electron chi connectivity index (χ3n) is 5.73. The fourth-order valence-electron chi connectivity index (χ4n) is 3.93. The molecular formula is C25H28N4O2S2. The predicted molar refractivity (Wildman–Crippen MR) is 138 cm³/mol. The van der Waals surface area contributed by atoms with Crippen LogP contribution < -0.4 is 10.6 Å². The van der Waals surface area contributed by atoms with Gasteiger partial charge in [0.15, 0.2) is 5.11 Å². The number of ether oxygens (including phenoxy) is 1. The zero-order chi connectivity index (χ0) is 23.0. The van der Waals surface area contributed by atoms with Crippen molar-refractivity contribution in [2.75, 3.05) is 38.7 Å². The van der Waals surface area contributed by atoms with E-state index >= 15 is 0 Å². The Morgan fingerprint density at radius 1 is 1.15 bits per heavy atom. The van der Waals surface area contributed by atoms with E-state index in [-0.39, 0.29) is 5.91 Å². The fraction of sp³-hybridized carbons (Fsp3) is 0.320. The Hall–Kier alpha value is -2.81. The average Bonchev–Trinajstić information content (AvgIpc) is 3.36. The third kappa shape index (κ3) is 5.96. The summed E-state index contributed by atoms with van der Waals surface area (Å²) in [5, 5.41) is 9.94. The number of carbonyl (C=O) groups excluding carboxylic acids is 1. The minimum absolute atomic E-state index is 0.179. The second-order valence-corrected chi connectivity index (χ2v) is 9.20. The number of rotatable bonds is 7. The first-order chi connectivity index (χ1) is 16.2. The van der Waals surface area contributed by atoms with Crippen LogP contribution in [0.4, 0.5) is 5.69 Å². The average molecular weight is 481 g/mol. The minimum Gasteiger partial charge on any atom is -0.383 e. The molecule has 0 unspecified atom stereocenters. The van der Waals surface area contributed by atoms with Crippen LogP contribution >= 0.6 is 23.6 Å². The SMILES string of the molecule is COCCNC(=S)N1CCC(c2nc(C(=O)Nc3ccccc3-c3ccccc3)cs2)CC1. The molecule has 0 radical (unpaired) electrons. The van der Waals surface area contributed by atoms with Crippen LogP contribution in [0.1, 0.15) is 34.3 Å². The lowest BCUT2D eigenvalue weighted by molar-refractivity contribution is 0.102. The van der Waals surface area contributed by atoms with Gasteiger partial charge in [0.25, 0.3) is 5.91 Å². The maximum absolute atomic E-state index is 12.9. The number of methoxy groups -OCH3 is 1. The second kappa shape index (κ2) is 11.4. The van der Waals surface area contributed by atoms with Crippen LogP contribution in [-0.2, 0) is 4.74 Å². The first kappa shape index (κ1) is 23.4. The highest BCUT2D eigenvalue weighted by molar-refractivity contribution is 7.80. The molecule has 2 aromatic carbocycles. The van der Waals surface area contributed by atoms with Gasteiger partial charge in [0, 0.05) is 49.3 Å². The number of thiocarbonyl (C=S) groups is 1. The summed E-state index contributed by atoms with van der Waals surface area (Å²) >= 11 is 7.05. The van der Waals surface area contributed by atoms with Crippen LogP contribution in [-0.4, -0.2) is 54.3 Å². The van der Waals surface area contributed by atoms with Crippen LogP contribution in [0.3, 0.4) is 0 Å². The van der Waals surface area contributed by atoms with Crippen molar-refractivity contribution in [2.45, 2.75) is 18.8 Å². The molecule has 2 N–H and O–H groups in total. The molecule has 3 aromatic rings. The van der Waals surface area contributed by atoms with E-state index in [4.69, 9.17) is 17.0 Å². The summed E-state index contributed by atoms with van der Waals surface area (Å²) in [5.41, 5.74) is 3.31. The van der Waals surface area contributed by atoms with Gasteiger partial charge in [-0.1, -0.05) is 48.5 Å². The summed E-state index contributed by atoms with van der Waals surface area (Å²) in [6.45, 7) is 3.12. The van der Waals surface area contributed by atoms with Crippen molar-refractivity contribution in [1.82, 2.24) is 15.2 Å². The van der Waals surface area contributed by atoms with Gasteiger partial charge in [-0.2, -0.15) is 0 Å². The van der Waals surface area contributed by atoms with Crippen molar-refractivity contribution in [3.05, 3.63) is 70.7 Å². The molecule has 1 aliphatic heterocycles. The van der Waals surface area contributed by atoms with Crippen LogP contribution in [0.5, 0.6) is 0 Å². The van der Waals surface area contributed by atoms with E-state index in [0.717, 1.165) is 52.9 Å². The Kier molecular flexibility index (Phi) is 8.04. The molecule has 172 valence electrons. The van der Waals surface area contributed by atoms with Crippen molar-refractivity contribution < 1.29 is 9.53 Å². The number of nitrogens with zero attached hydrogens (tertiary/aromatic N) is 2. The van der Waals surface area contributed by atoms with E-state index < -0.39 is 0 Å². The monoisotopic (exact) mass is 480 g/mol. The Morgan fingerprint density at radius 3 is 2.64 bits per heavy atom. The molecular weight excluding hydrogens is 452 g/mol. The maximum Gasteiger partial charge on any atom is 0.275 e. The highest BCUT2D eigenvalue weighted by Gasteiger charge is 2.25. The smallest absolute Gasteiger partial charge is 0.275 e. The number of anilines is 1. The van der Waals surface area contributed by atoms with Crippen LogP contribution in [0.15, 0.2) is 60.0 Å². The summed E-state index contributed by atoms with van der Waals surface area (Å²) in [6, 6.07) is 17.9. The van der Waals surface area contributed by atoms with E-state index in [1.807, 2.05) is 60.0 Å². The van der Waals surface area contributed by atoms with Crippen LogP contribution in [0, 0.1) is 0 Å². The molecule has 1 fully saturated rings. The fourth-order valence-corrected chi connectivity index (χ4v) is 5.18. The number of piperidine rings is 1. The lowest BCUT2D eigenvalue weighted by Gasteiger charge is -2.33. The van der Waals surface area contributed by atoms with Gasteiger partial charge in [-0.15, -0.1) is 11.3 Å². The van der Waals surface area contributed by atoms with Gasteiger partial charge < -0.3 is 20.3 Å². The van der Waals surface area contributed by atoms with E-state index in [9.17, 15) is 4.79 Å². The molecule has 1 saturated heterocycles. The van der Waals surface area contributed by atoms with E-state index in [0.29, 0.717) is 24.8 Å². The summed E-state index contributed by atoms with van der Waals surface area (Å²) in [4.78, 5) is 19.8. The van der Waals surface area contributed by atoms with E-state index in [1.165, 1.54) is 0 Å². The van der Waals surface area contributed by atoms with Crippen LogP contribution in [0.25, 0.3) is 11.1 Å². The second-order valence-electron chi connectivity index (χ2n) is 7.92. The molecule has 0 bridgehead atoms. The number of carbonyl (C=O) groups is 1. The quantitative estimate of drug-likeness (QED) is 0.375. The van der Waals surface area contributed by atoms with Gasteiger partial charge in [-0.05, 0) is 36.7 Å². The number of benzene rings is 2. The number of aromatic nitrogens is 1. The number of thiazole rings is 1. The third-order valence-corrected chi connectivity index (χ3v) is 7.14. The molecule has 0 spiro atoms. The lowest BCUT2D eigenvalue weighted by atomic mass is 9.98. The Morgan fingerprint density at radius 2 is 1.88 bits per heavy atom. The summed E-state index contributed by atoms with van der Waals surface area (Å²) < 4.78 is 5.06. The zero-order valence-electron chi connectivity index (χ0n) is 18.6. The van der Waals surface area contributed by atoms with Gasteiger partial charge in [0.1, 0.15) is 5.69 Å². The van der Waals surface area contributed by atoms with Crippen molar-refractivity contribution in [1.29, 1.82) is 0 Å². The molecule has 1 aromatic heterocycles. The van der Waals surface area contributed by atoms with Crippen LogP contribution in [0.2, 0.25) is 0 Å². The Balaban J connectivity index is 1.36. The number of amides is 1. The number of nitrogens with one attached hydrogen (secondary N) is 2. The minimum atomic E-state index is -0.179. The highest BCUT2D eigenvalue weighted by Crippen LogP contribution is 2.31. The van der Waals surface area contributed by atoms with Crippen molar-refractivity contribution >= 4 is 40.3 Å². The van der Waals surface area contributed by atoms with Gasteiger partial charge in [-0.25, -0.2) is 4.98 Å². The largest absolute Gasteiger partial charge is 0.383 e. The standard InChI is InChI=1S/C25H28N4O2S2/c1-31-16-13-26-25(32)29-14-11-19(12-15-29)24-28-22(17-33-24)23(30)27-21-10-6-5-9-20(21)18-7-3-2-4-8-18/h2-10,17,19H,11-16H2,1H3,(H,26,32)(H,27,30). The normalized spacial score (nSPS) is 14.2. The van der Waals surface area contributed by atoms with Gasteiger partial charge >= 0.3 is 0 Å². The molecule has 33 heavy (non-hydrogen) atoms. The molecule has 4 rings (SSSR count). The maximum atomic E-state index is 12.9. The molecule has 8 heteroatoms. The molecule has 1 amide bonds. The van der Waals surface area contributed by atoms with Crippen molar-refractivity contribution in [3.8, 4) is 11.1 Å². The zero-order valence-corrected chi connectivity index (χ0v) is 20.3. The van der Waals surface area contributed by atoms with Crippen molar-refractivity contribution in [3.63, 3.8) is 0 Å². The predicted octanol–water partition coefficient (Wildman–Crippen LogP) is 4.76. The molecule has 6 nitrogen and oxygen atoms in total. The summed E-state index contributed by atoms with van der Waals surface area (Å²) in [7, 11) is 1.68. The van der Waals surface area contributed by atoms with Gasteiger partial charge in [0.2, 0.25) is 0 Å². The number of likely N-dealkylation sites (tertiary alicyclic amines) is 1. The number of hydrogen-bond acceptors (Lipinski definition) is 5. The number of hydrogen-bond donors (Lipinski definition) is 2. The van der Waals surface area contributed by atoms with E-state index in [2.05, 4.69) is 20.5 Å². The summed E-state index contributed by atoms with van der Waals surface area (Å²) in [6.07, 6.45) is 1.94. The Labute approximate surface area is 204 Å². The molecule has 0 saturated carbocycles. The first-order valence-corrected chi connectivity index (χ1v) is 12.4.